The van der Waals surface area contributed by atoms with E-state index < -0.39 is 5.97 Å². The molecular weight excluding hydrogens is 326 g/mol. The number of rotatable bonds is 5. The van der Waals surface area contributed by atoms with Gasteiger partial charge in [0.15, 0.2) is 17.3 Å². The molecular formula is C18H19NO6. The topological polar surface area (TPSA) is 83.4 Å². The number of oxime groups is 1. The van der Waals surface area contributed by atoms with Gasteiger partial charge in [-0.05, 0) is 43.7 Å². The van der Waals surface area contributed by atoms with Gasteiger partial charge in [-0.3, -0.25) is 4.79 Å². The standard InChI is InChI=1S/C18H19NO6/c1-10-11(2)14(20)7-6-13(10)19-25-18(21)12-8-15(22-3)17(24-5)16(9-12)23-4/h6-9H,1-5H3/b19-13-. The zero-order valence-electron chi connectivity index (χ0n) is 14.7. The van der Waals surface area contributed by atoms with E-state index in [-0.39, 0.29) is 11.3 Å². The van der Waals surface area contributed by atoms with Gasteiger partial charge in [-0.15, -0.1) is 0 Å². The zero-order valence-corrected chi connectivity index (χ0v) is 14.7. The maximum atomic E-state index is 12.3. The molecule has 1 aromatic rings. The number of ether oxygens (including phenoxy) is 3. The number of methoxy groups -OCH3 is 3. The second-order valence-electron chi connectivity index (χ2n) is 5.22. The van der Waals surface area contributed by atoms with Crippen LogP contribution in [0.2, 0.25) is 0 Å². The lowest BCUT2D eigenvalue weighted by Gasteiger charge is -2.13. The van der Waals surface area contributed by atoms with E-state index in [2.05, 4.69) is 5.16 Å². The average molecular weight is 345 g/mol. The average Bonchev–Trinajstić information content (AvgIpc) is 2.63. The number of carbonyl (C=O) groups is 2. The summed E-state index contributed by atoms with van der Waals surface area (Å²) in [4.78, 5) is 28.8. The van der Waals surface area contributed by atoms with E-state index in [0.29, 0.717) is 34.1 Å². The van der Waals surface area contributed by atoms with Crippen LogP contribution in [0.1, 0.15) is 24.2 Å². The minimum Gasteiger partial charge on any atom is -0.493 e. The van der Waals surface area contributed by atoms with Crippen LogP contribution in [0.25, 0.3) is 0 Å². The highest BCUT2D eigenvalue weighted by molar-refractivity contribution is 6.21. The summed E-state index contributed by atoms with van der Waals surface area (Å²) in [5.74, 6) is 0.249. The van der Waals surface area contributed by atoms with Crippen LogP contribution < -0.4 is 14.2 Å². The molecule has 1 aromatic carbocycles. The van der Waals surface area contributed by atoms with Gasteiger partial charge in [0.1, 0.15) is 5.71 Å². The van der Waals surface area contributed by atoms with Gasteiger partial charge in [-0.2, -0.15) is 0 Å². The summed E-state index contributed by atoms with van der Waals surface area (Å²) in [6.45, 7) is 3.43. The predicted molar refractivity (Wildman–Crippen MR) is 91.5 cm³/mol. The Morgan fingerprint density at radius 2 is 1.52 bits per heavy atom. The lowest BCUT2D eigenvalue weighted by molar-refractivity contribution is -0.111. The van der Waals surface area contributed by atoms with Gasteiger partial charge in [-0.1, -0.05) is 5.16 Å². The second kappa shape index (κ2) is 7.65. The van der Waals surface area contributed by atoms with Gasteiger partial charge >= 0.3 is 5.97 Å². The van der Waals surface area contributed by atoms with Gasteiger partial charge in [0.2, 0.25) is 5.75 Å². The predicted octanol–water partition coefficient (Wildman–Crippen LogP) is 2.70. The van der Waals surface area contributed by atoms with Crippen LogP contribution in [0.5, 0.6) is 17.2 Å². The molecule has 25 heavy (non-hydrogen) atoms. The van der Waals surface area contributed by atoms with Crippen molar-refractivity contribution in [3.05, 3.63) is 41.0 Å². The summed E-state index contributed by atoms with van der Waals surface area (Å²) < 4.78 is 15.6. The lowest BCUT2D eigenvalue weighted by atomic mass is 9.97. The largest absolute Gasteiger partial charge is 0.493 e. The van der Waals surface area contributed by atoms with E-state index >= 15 is 0 Å². The Morgan fingerprint density at radius 3 is 2.04 bits per heavy atom. The van der Waals surface area contributed by atoms with E-state index in [1.54, 1.807) is 13.8 Å². The van der Waals surface area contributed by atoms with Crippen molar-refractivity contribution in [1.29, 1.82) is 0 Å². The Morgan fingerprint density at radius 1 is 0.920 bits per heavy atom. The van der Waals surface area contributed by atoms with Gasteiger partial charge < -0.3 is 19.0 Å². The third-order valence-corrected chi connectivity index (χ3v) is 3.84. The lowest BCUT2D eigenvalue weighted by Crippen LogP contribution is -2.12. The van der Waals surface area contributed by atoms with Gasteiger partial charge in [0.25, 0.3) is 0 Å². The Hall–Kier alpha value is -3.09. The van der Waals surface area contributed by atoms with E-state index in [9.17, 15) is 9.59 Å². The third kappa shape index (κ3) is 3.71. The highest BCUT2D eigenvalue weighted by Crippen LogP contribution is 2.38. The van der Waals surface area contributed by atoms with Crippen LogP contribution in [0, 0.1) is 0 Å². The second-order valence-corrected chi connectivity index (χ2v) is 5.22. The minimum absolute atomic E-state index is 0.0904. The molecule has 0 spiro atoms. The molecule has 2 rings (SSSR count). The van der Waals surface area contributed by atoms with Crippen molar-refractivity contribution < 1.29 is 28.6 Å². The number of nitrogens with zero attached hydrogens (tertiary/aromatic N) is 1. The molecule has 7 heteroatoms. The van der Waals surface area contributed by atoms with Crippen molar-refractivity contribution in [2.75, 3.05) is 21.3 Å². The number of ketones is 1. The van der Waals surface area contributed by atoms with Crippen LogP contribution in [-0.4, -0.2) is 38.8 Å². The molecule has 132 valence electrons. The first-order chi connectivity index (χ1) is 11.9. The fourth-order valence-corrected chi connectivity index (χ4v) is 2.22. The number of benzene rings is 1. The van der Waals surface area contributed by atoms with Crippen LogP contribution in [0.4, 0.5) is 0 Å². The molecule has 0 unspecified atom stereocenters. The molecule has 0 aromatic heterocycles. The zero-order chi connectivity index (χ0) is 18.6. The molecule has 1 aliphatic carbocycles. The van der Waals surface area contributed by atoms with E-state index in [0.717, 1.165) is 0 Å². The Kier molecular flexibility index (Phi) is 5.59. The molecule has 0 saturated carbocycles. The van der Waals surface area contributed by atoms with Crippen LogP contribution in [0.15, 0.2) is 40.6 Å². The Labute approximate surface area is 145 Å². The molecule has 0 atom stereocenters. The fourth-order valence-electron chi connectivity index (χ4n) is 2.22. The van der Waals surface area contributed by atoms with E-state index in [1.807, 2.05) is 0 Å². The van der Waals surface area contributed by atoms with E-state index in [4.69, 9.17) is 19.0 Å². The quantitative estimate of drug-likeness (QED) is 0.463. The van der Waals surface area contributed by atoms with Gasteiger partial charge in [0, 0.05) is 5.57 Å². The highest BCUT2D eigenvalue weighted by atomic mass is 16.7. The number of allylic oxidation sites excluding steroid dienone is 4. The molecule has 0 fully saturated rings. The molecule has 0 saturated heterocycles. The van der Waals surface area contributed by atoms with E-state index in [1.165, 1.54) is 45.6 Å². The van der Waals surface area contributed by atoms with Gasteiger partial charge in [-0.25, -0.2) is 4.79 Å². The van der Waals surface area contributed by atoms with Crippen molar-refractivity contribution in [2.45, 2.75) is 13.8 Å². The third-order valence-electron chi connectivity index (χ3n) is 3.84. The Bertz CT molecular complexity index is 779. The molecule has 1 aliphatic rings. The normalized spacial score (nSPS) is 15.4. The summed E-state index contributed by atoms with van der Waals surface area (Å²) in [7, 11) is 4.37. The summed E-state index contributed by atoms with van der Waals surface area (Å²) in [6.07, 6.45) is 2.89. The smallest absolute Gasteiger partial charge is 0.366 e. The summed E-state index contributed by atoms with van der Waals surface area (Å²) >= 11 is 0. The minimum atomic E-state index is -0.692. The molecule has 7 nitrogen and oxygen atoms in total. The molecule has 0 N–H and O–H groups in total. The van der Waals surface area contributed by atoms with Crippen LogP contribution in [-0.2, 0) is 9.63 Å². The van der Waals surface area contributed by atoms with Crippen molar-refractivity contribution >= 4 is 17.5 Å². The fraction of sp³-hybridized carbons (Fsp3) is 0.278. The molecule has 0 radical (unpaired) electrons. The maximum absolute atomic E-state index is 12.3. The first kappa shape index (κ1) is 18.3. The molecule has 0 aliphatic heterocycles. The first-order valence-corrected chi connectivity index (χ1v) is 7.42. The Balaban J connectivity index is 2.29. The SMILES string of the molecule is COc1cc(C(=O)O/N=C2/C=CC(=O)C(C)=C2C)cc(OC)c1OC. The highest BCUT2D eigenvalue weighted by Gasteiger charge is 2.19. The number of carbonyl (C=O) groups excluding carboxylic acids is 2. The van der Waals surface area contributed by atoms with Crippen molar-refractivity contribution in [3.8, 4) is 17.2 Å². The van der Waals surface area contributed by atoms with Crippen molar-refractivity contribution in [1.82, 2.24) is 0 Å². The summed E-state index contributed by atoms with van der Waals surface area (Å²) in [6, 6.07) is 2.94. The molecule has 0 amide bonds. The van der Waals surface area contributed by atoms with Gasteiger partial charge in [0.05, 0.1) is 26.9 Å². The van der Waals surface area contributed by atoms with Crippen molar-refractivity contribution in [2.24, 2.45) is 5.16 Å². The summed E-state index contributed by atoms with van der Waals surface area (Å²) in [5, 5.41) is 3.84. The van der Waals surface area contributed by atoms with Crippen LogP contribution in [0.3, 0.4) is 0 Å². The van der Waals surface area contributed by atoms with Crippen LogP contribution >= 0.6 is 0 Å². The number of hydrogen-bond donors (Lipinski definition) is 0. The molecule has 0 heterocycles. The first-order valence-electron chi connectivity index (χ1n) is 7.42. The number of hydrogen-bond acceptors (Lipinski definition) is 7. The van der Waals surface area contributed by atoms with Crippen molar-refractivity contribution in [3.63, 3.8) is 0 Å². The molecule has 0 bridgehead atoms. The monoisotopic (exact) mass is 345 g/mol. The summed E-state index contributed by atoms with van der Waals surface area (Å²) in [5.41, 5.74) is 1.82. The maximum Gasteiger partial charge on any atom is 0.366 e.